The van der Waals surface area contributed by atoms with E-state index in [9.17, 15) is 9.18 Å². The van der Waals surface area contributed by atoms with Gasteiger partial charge in [0.2, 0.25) is 5.52 Å². The molecule has 1 saturated heterocycles. The van der Waals surface area contributed by atoms with Crippen LogP contribution in [0.25, 0.3) is 15.9 Å². The maximum absolute atomic E-state index is 14.3. The van der Waals surface area contributed by atoms with Gasteiger partial charge in [0.1, 0.15) is 5.82 Å². The van der Waals surface area contributed by atoms with Crippen LogP contribution in [0.2, 0.25) is 0 Å². The quantitative estimate of drug-likeness (QED) is 0.371. The van der Waals surface area contributed by atoms with Crippen molar-refractivity contribution >= 4 is 22.5 Å². The molecule has 0 radical (unpaired) electrons. The number of hydrogen-bond donors (Lipinski definition) is 0. The van der Waals surface area contributed by atoms with Gasteiger partial charge in [0.25, 0.3) is 11.4 Å². The van der Waals surface area contributed by atoms with Crippen molar-refractivity contribution in [2.75, 3.05) is 18.0 Å². The average Bonchev–Trinajstić information content (AvgIpc) is 2.88. The Hall–Kier alpha value is -4.02. The minimum atomic E-state index is -0.249. The number of hydrogen-bond acceptors (Lipinski definition) is 4. The van der Waals surface area contributed by atoms with Crippen LogP contribution in [0.1, 0.15) is 31.0 Å². The Balaban J connectivity index is 1.56. The summed E-state index contributed by atoms with van der Waals surface area (Å²) in [6, 6.07) is 22.1. The van der Waals surface area contributed by atoms with Crippen LogP contribution in [0.3, 0.4) is 0 Å². The lowest BCUT2D eigenvalue weighted by Crippen LogP contribution is -2.57. The van der Waals surface area contributed by atoms with Crippen LogP contribution in [0.15, 0.2) is 77.6 Å². The fraction of sp³-hybridized carbons (Fsp3) is 0.276. The van der Waals surface area contributed by atoms with Crippen LogP contribution < -0.4 is 10.5 Å². The largest absolute Gasteiger partial charge is 0.362 e. The monoisotopic (exact) mass is 481 g/mol. The van der Waals surface area contributed by atoms with Gasteiger partial charge < -0.3 is 14.3 Å². The third-order valence-corrected chi connectivity index (χ3v) is 7.12. The van der Waals surface area contributed by atoms with Gasteiger partial charge in [-0.15, -0.1) is 4.98 Å². The van der Waals surface area contributed by atoms with E-state index in [2.05, 4.69) is 45.6 Å². The normalized spacial score (nSPS) is 19.2. The van der Waals surface area contributed by atoms with Gasteiger partial charge in [0.15, 0.2) is 0 Å². The van der Waals surface area contributed by atoms with Crippen molar-refractivity contribution in [3.8, 4) is 0 Å². The van der Waals surface area contributed by atoms with Gasteiger partial charge in [-0.05, 0) is 49.2 Å². The summed E-state index contributed by atoms with van der Waals surface area (Å²) in [6.45, 7) is 13.1. The number of nitrogens with zero attached hydrogens (tertiary/aromatic N) is 5. The van der Waals surface area contributed by atoms with Crippen LogP contribution in [0.4, 0.5) is 15.9 Å². The highest BCUT2D eigenvalue weighted by atomic mass is 19.1. The number of rotatable bonds is 4. The number of pyridine rings is 2. The Morgan fingerprint density at radius 2 is 1.72 bits per heavy atom. The summed E-state index contributed by atoms with van der Waals surface area (Å²) in [5.41, 5.74) is 4.02. The predicted octanol–water partition coefficient (Wildman–Crippen LogP) is 5.31. The van der Waals surface area contributed by atoms with Gasteiger partial charge in [-0.2, -0.15) is 0 Å². The van der Waals surface area contributed by atoms with E-state index in [1.165, 1.54) is 6.07 Å². The molecule has 0 N–H and O–H groups in total. The summed E-state index contributed by atoms with van der Waals surface area (Å²) in [5.74, 6) is 0.0537. The van der Waals surface area contributed by atoms with Crippen molar-refractivity contribution in [3.05, 3.63) is 112 Å². The molecule has 0 aliphatic carbocycles. The second-order valence-electron chi connectivity index (χ2n) is 9.49. The molecular formula is C29H28FN5O. The van der Waals surface area contributed by atoms with Crippen LogP contribution in [0, 0.1) is 12.4 Å². The summed E-state index contributed by atoms with van der Waals surface area (Å²) in [5, 5.41) is 0. The average molecular weight is 482 g/mol. The number of halogens is 1. The standard InChI is InChI=1S/C29H28FN5O/c1-19-18-35(29(21-9-6-5-7-10-21)22-11-8-12-23(30)15-22)20(2)17-34(19)25-16-27(36)33(4)24-13-14-26(31-3)32-28(24)25/h5-16,19-20,29H,17-18H2,1-2,4H3/t19-,20+,29?/m0/s1. The molecule has 182 valence electrons. The van der Waals surface area contributed by atoms with Gasteiger partial charge in [0, 0.05) is 38.3 Å². The van der Waals surface area contributed by atoms with E-state index in [-0.39, 0.29) is 29.5 Å². The Morgan fingerprint density at radius 3 is 2.44 bits per heavy atom. The molecule has 7 heteroatoms. The summed E-state index contributed by atoms with van der Waals surface area (Å²) >= 11 is 0. The maximum atomic E-state index is 14.3. The number of benzene rings is 2. The lowest BCUT2D eigenvalue weighted by Gasteiger charge is -2.48. The van der Waals surface area contributed by atoms with Crippen molar-refractivity contribution in [2.45, 2.75) is 32.0 Å². The Kier molecular flexibility index (Phi) is 6.29. The zero-order chi connectivity index (χ0) is 25.4. The summed E-state index contributed by atoms with van der Waals surface area (Å²) in [7, 11) is 1.72. The van der Waals surface area contributed by atoms with E-state index in [0.717, 1.165) is 16.8 Å². The van der Waals surface area contributed by atoms with Crippen molar-refractivity contribution < 1.29 is 4.39 Å². The maximum Gasteiger partial charge on any atom is 0.270 e. The van der Waals surface area contributed by atoms with Crippen LogP contribution >= 0.6 is 0 Å². The molecule has 0 amide bonds. The molecule has 2 aromatic heterocycles. The fourth-order valence-corrected chi connectivity index (χ4v) is 5.32. The van der Waals surface area contributed by atoms with E-state index >= 15 is 0 Å². The molecule has 1 aliphatic rings. The van der Waals surface area contributed by atoms with E-state index < -0.39 is 0 Å². The van der Waals surface area contributed by atoms with E-state index in [4.69, 9.17) is 6.57 Å². The Bertz CT molecular complexity index is 1510. The number of fused-ring (bicyclic) bond motifs is 1. The Morgan fingerprint density at radius 1 is 0.972 bits per heavy atom. The van der Waals surface area contributed by atoms with Crippen LogP contribution in [0.5, 0.6) is 0 Å². The molecule has 4 aromatic rings. The number of aryl methyl sites for hydroxylation is 1. The molecule has 36 heavy (non-hydrogen) atoms. The number of aromatic nitrogens is 2. The lowest BCUT2D eigenvalue weighted by atomic mass is 9.93. The van der Waals surface area contributed by atoms with Crippen molar-refractivity contribution in [1.82, 2.24) is 14.5 Å². The van der Waals surface area contributed by atoms with E-state index in [1.54, 1.807) is 41.9 Å². The SMILES string of the molecule is [C-]#[N+]c1ccc2c(n1)c(N1C[C@@H](C)N(C(c3ccccc3)c3cccc(F)c3)C[C@@H]1C)cc(=O)n2C. The second kappa shape index (κ2) is 9.56. The molecule has 6 nitrogen and oxygen atoms in total. The topological polar surface area (TPSA) is 45.7 Å². The summed E-state index contributed by atoms with van der Waals surface area (Å²) in [6.07, 6.45) is 0. The van der Waals surface area contributed by atoms with Crippen molar-refractivity contribution in [2.24, 2.45) is 7.05 Å². The first-order valence-corrected chi connectivity index (χ1v) is 12.1. The number of anilines is 1. The molecule has 0 spiro atoms. The van der Waals surface area contributed by atoms with Gasteiger partial charge in [0.05, 0.1) is 17.2 Å². The molecule has 1 fully saturated rings. The summed E-state index contributed by atoms with van der Waals surface area (Å²) < 4.78 is 15.8. The zero-order valence-electron chi connectivity index (χ0n) is 20.6. The van der Waals surface area contributed by atoms with Crippen molar-refractivity contribution in [3.63, 3.8) is 0 Å². The molecular weight excluding hydrogens is 453 g/mol. The third kappa shape index (κ3) is 4.25. The highest BCUT2D eigenvalue weighted by Gasteiger charge is 2.36. The fourth-order valence-electron chi connectivity index (χ4n) is 5.32. The molecule has 0 bridgehead atoms. The van der Waals surface area contributed by atoms with Crippen LogP contribution in [-0.2, 0) is 7.05 Å². The van der Waals surface area contributed by atoms with E-state index in [1.807, 2.05) is 24.3 Å². The van der Waals surface area contributed by atoms with Gasteiger partial charge in [-0.1, -0.05) is 49.0 Å². The second-order valence-corrected chi connectivity index (χ2v) is 9.49. The third-order valence-electron chi connectivity index (χ3n) is 7.12. The van der Waals surface area contributed by atoms with E-state index in [0.29, 0.717) is 29.9 Å². The minimum Gasteiger partial charge on any atom is -0.362 e. The molecule has 3 atom stereocenters. The van der Waals surface area contributed by atoms with Gasteiger partial charge in [-0.3, -0.25) is 9.69 Å². The molecule has 3 heterocycles. The summed E-state index contributed by atoms with van der Waals surface area (Å²) in [4.78, 5) is 25.5. The van der Waals surface area contributed by atoms with Gasteiger partial charge >= 0.3 is 0 Å². The first-order chi connectivity index (χ1) is 17.4. The van der Waals surface area contributed by atoms with Crippen LogP contribution in [-0.4, -0.2) is 39.6 Å². The Labute approximate surface area is 210 Å². The molecule has 0 saturated carbocycles. The highest BCUT2D eigenvalue weighted by Crippen LogP contribution is 2.36. The first-order valence-electron chi connectivity index (χ1n) is 12.1. The van der Waals surface area contributed by atoms with Gasteiger partial charge in [-0.25, -0.2) is 4.39 Å². The minimum absolute atomic E-state index is 0.0506. The molecule has 1 unspecified atom stereocenters. The molecule has 1 aliphatic heterocycles. The zero-order valence-corrected chi connectivity index (χ0v) is 20.6. The lowest BCUT2D eigenvalue weighted by molar-refractivity contribution is 0.130. The highest BCUT2D eigenvalue weighted by molar-refractivity contribution is 5.89. The van der Waals surface area contributed by atoms with Crippen molar-refractivity contribution in [1.29, 1.82) is 0 Å². The molecule has 5 rings (SSSR count). The first kappa shape index (κ1) is 23.7. The smallest absolute Gasteiger partial charge is 0.270 e. The molecule has 2 aromatic carbocycles. The number of piperazine rings is 1. The predicted molar refractivity (Wildman–Crippen MR) is 141 cm³/mol.